The van der Waals surface area contributed by atoms with Crippen molar-refractivity contribution in [1.82, 2.24) is 9.80 Å². The third-order valence-electron chi connectivity index (χ3n) is 6.63. The lowest BCUT2D eigenvalue weighted by atomic mass is 9.73. The fourth-order valence-electron chi connectivity index (χ4n) is 4.89. The van der Waals surface area contributed by atoms with Gasteiger partial charge in [0.2, 0.25) is 11.8 Å². The van der Waals surface area contributed by atoms with Crippen LogP contribution in [0.5, 0.6) is 0 Å². The Bertz CT molecular complexity index is 1020. The largest absolute Gasteiger partial charge is 0.394 e. The van der Waals surface area contributed by atoms with Crippen LogP contribution in [0.15, 0.2) is 48.5 Å². The Morgan fingerprint density at radius 1 is 1.07 bits per heavy atom. The molecule has 0 aromatic heterocycles. The normalized spacial score (nSPS) is 25.3. The SMILES string of the molecule is N#Cc1ccc(-c2ccc([C@@H]3[C@H](CO)N4C(=O)CN(C(=O)C5CC5)C[C@@H]34)cc2)cc1. The number of nitriles is 1. The van der Waals surface area contributed by atoms with Crippen molar-refractivity contribution in [2.75, 3.05) is 19.7 Å². The molecule has 2 heterocycles. The van der Waals surface area contributed by atoms with Gasteiger partial charge in [-0.1, -0.05) is 36.4 Å². The van der Waals surface area contributed by atoms with Crippen LogP contribution in [0.4, 0.5) is 0 Å². The number of piperazine rings is 1. The molecule has 5 rings (SSSR count). The number of fused-ring (bicyclic) bond motifs is 1. The average Bonchev–Trinajstić information content (AvgIpc) is 3.60. The number of amides is 2. The smallest absolute Gasteiger partial charge is 0.242 e. The van der Waals surface area contributed by atoms with Crippen molar-refractivity contribution < 1.29 is 14.7 Å². The van der Waals surface area contributed by atoms with Crippen LogP contribution in [0.2, 0.25) is 0 Å². The predicted octanol–water partition coefficient (Wildman–Crippen LogP) is 2.13. The minimum Gasteiger partial charge on any atom is -0.394 e. The lowest BCUT2D eigenvalue weighted by Crippen LogP contribution is -2.73. The highest BCUT2D eigenvalue weighted by Gasteiger charge is 2.55. The summed E-state index contributed by atoms with van der Waals surface area (Å²) >= 11 is 0. The highest BCUT2D eigenvalue weighted by molar-refractivity contribution is 5.89. The summed E-state index contributed by atoms with van der Waals surface area (Å²) in [6.07, 6.45) is 1.86. The molecule has 0 bridgehead atoms. The fraction of sp³-hybridized carbons (Fsp3) is 0.375. The lowest BCUT2D eigenvalue weighted by molar-refractivity contribution is -0.167. The van der Waals surface area contributed by atoms with E-state index in [4.69, 9.17) is 5.26 Å². The van der Waals surface area contributed by atoms with E-state index in [1.54, 1.807) is 21.9 Å². The Hall–Kier alpha value is -3.17. The second-order valence-corrected chi connectivity index (χ2v) is 8.45. The number of hydrogen-bond donors (Lipinski definition) is 1. The molecule has 6 heteroatoms. The van der Waals surface area contributed by atoms with Gasteiger partial charge in [-0.2, -0.15) is 5.26 Å². The predicted molar refractivity (Wildman–Crippen MR) is 110 cm³/mol. The van der Waals surface area contributed by atoms with Gasteiger partial charge in [0, 0.05) is 18.4 Å². The summed E-state index contributed by atoms with van der Waals surface area (Å²) in [6.45, 7) is 0.590. The molecule has 6 nitrogen and oxygen atoms in total. The number of aliphatic hydroxyl groups excluding tert-OH is 1. The zero-order chi connectivity index (χ0) is 20.8. The highest BCUT2D eigenvalue weighted by Crippen LogP contribution is 2.44. The third kappa shape index (κ3) is 3.06. The maximum atomic E-state index is 12.6. The zero-order valence-corrected chi connectivity index (χ0v) is 16.6. The molecule has 0 unspecified atom stereocenters. The Balaban J connectivity index is 1.37. The van der Waals surface area contributed by atoms with Gasteiger partial charge in [0.05, 0.1) is 36.9 Å². The van der Waals surface area contributed by atoms with Gasteiger partial charge in [0.25, 0.3) is 0 Å². The first-order valence-electron chi connectivity index (χ1n) is 10.4. The van der Waals surface area contributed by atoms with Crippen LogP contribution in [0.3, 0.4) is 0 Å². The van der Waals surface area contributed by atoms with Crippen LogP contribution in [0.1, 0.15) is 29.9 Å². The molecule has 30 heavy (non-hydrogen) atoms. The number of carbonyl (C=O) groups excluding carboxylic acids is 2. The van der Waals surface area contributed by atoms with Crippen LogP contribution in [0, 0.1) is 17.2 Å². The molecule has 3 fully saturated rings. The van der Waals surface area contributed by atoms with Crippen LogP contribution in [0.25, 0.3) is 11.1 Å². The third-order valence-corrected chi connectivity index (χ3v) is 6.63. The average molecular weight is 401 g/mol. The second kappa shape index (κ2) is 7.26. The molecule has 1 aliphatic carbocycles. The molecule has 0 radical (unpaired) electrons. The van der Waals surface area contributed by atoms with Gasteiger partial charge in [-0.05, 0) is 41.7 Å². The molecular formula is C24H23N3O3. The van der Waals surface area contributed by atoms with E-state index in [2.05, 4.69) is 6.07 Å². The number of benzene rings is 2. The molecule has 152 valence electrons. The van der Waals surface area contributed by atoms with Gasteiger partial charge in [0.15, 0.2) is 0 Å². The van der Waals surface area contributed by atoms with Gasteiger partial charge in [0.1, 0.15) is 0 Å². The van der Waals surface area contributed by atoms with Crippen LogP contribution < -0.4 is 0 Å². The molecule has 3 atom stereocenters. The summed E-state index contributed by atoms with van der Waals surface area (Å²) in [6, 6.07) is 17.4. The topological polar surface area (TPSA) is 84.6 Å². The number of carbonyl (C=O) groups is 2. The monoisotopic (exact) mass is 401 g/mol. The van der Waals surface area contributed by atoms with Crippen molar-refractivity contribution in [1.29, 1.82) is 5.26 Å². The second-order valence-electron chi connectivity index (χ2n) is 8.45. The molecule has 1 saturated carbocycles. The Labute approximate surface area is 175 Å². The standard InChI is InChI=1S/C24H23N3O3/c25-11-15-1-3-16(4-2-15)17-5-7-18(8-6-17)23-20-12-26(24(30)19-9-10-19)13-22(29)27(20)21(23)14-28/h1-8,19-21,23,28H,9-10,12-14H2/t20-,21-,23-/m0/s1. The minimum absolute atomic E-state index is 0.0174. The molecule has 2 saturated heterocycles. The molecule has 2 amide bonds. The van der Waals surface area contributed by atoms with Crippen molar-refractivity contribution in [3.8, 4) is 17.2 Å². The van der Waals surface area contributed by atoms with Gasteiger partial charge in [-0.3, -0.25) is 9.59 Å². The first-order valence-corrected chi connectivity index (χ1v) is 10.4. The summed E-state index contributed by atoms with van der Waals surface area (Å²) in [5.74, 6) is 0.155. The minimum atomic E-state index is -0.235. The summed E-state index contributed by atoms with van der Waals surface area (Å²) in [5, 5.41) is 18.9. The zero-order valence-electron chi connectivity index (χ0n) is 16.6. The number of rotatable bonds is 4. The molecule has 1 N–H and O–H groups in total. The number of aliphatic hydroxyl groups is 1. The van der Waals surface area contributed by atoms with Gasteiger partial charge >= 0.3 is 0 Å². The fourth-order valence-corrected chi connectivity index (χ4v) is 4.89. The van der Waals surface area contributed by atoms with E-state index >= 15 is 0 Å². The van der Waals surface area contributed by atoms with E-state index in [9.17, 15) is 14.7 Å². The van der Waals surface area contributed by atoms with E-state index in [1.165, 1.54) is 0 Å². The van der Waals surface area contributed by atoms with Gasteiger partial charge in [-0.15, -0.1) is 0 Å². The molecular weight excluding hydrogens is 378 g/mol. The molecule has 2 aliphatic heterocycles. The van der Waals surface area contributed by atoms with Crippen LogP contribution >= 0.6 is 0 Å². The lowest BCUT2D eigenvalue weighted by Gasteiger charge is -2.58. The molecule has 2 aromatic carbocycles. The maximum absolute atomic E-state index is 12.6. The van der Waals surface area contributed by atoms with Crippen molar-refractivity contribution in [2.24, 2.45) is 5.92 Å². The summed E-state index contributed by atoms with van der Waals surface area (Å²) in [5.41, 5.74) is 3.78. The van der Waals surface area contributed by atoms with Crippen LogP contribution in [-0.2, 0) is 9.59 Å². The van der Waals surface area contributed by atoms with Crippen molar-refractivity contribution in [3.05, 3.63) is 59.7 Å². The first-order chi connectivity index (χ1) is 14.6. The summed E-state index contributed by atoms with van der Waals surface area (Å²) in [4.78, 5) is 28.6. The van der Waals surface area contributed by atoms with E-state index in [1.807, 2.05) is 36.4 Å². The molecule has 0 spiro atoms. The highest BCUT2D eigenvalue weighted by atomic mass is 16.3. The van der Waals surface area contributed by atoms with Crippen molar-refractivity contribution in [2.45, 2.75) is 30.8 Å². The van der Waals surface area contributed by atoms with Crippen LogP contribution in [-0.4, -0.2) is 58.5 Å². The van der Waals surface area contributed by atoms with Crippen molar-refractivity contribution >= 4 is 11.8 Å². The first kappa shape index (κ1) is 18.8. The van der Waals surface area contributed by atoms with Gasteiger partial charge < -0.3 is 14.9 Å². The van der Waals surface area contributed by atoms with E-state index < -0.39 is 0 Å². The summed E-state index contributed by atoms with van der Waals surface area (Å²) < 4.78 is 0. The van der Waals surface area contributed by atoms with E-state index in [0.29, 0.717) is 12.1 Å². The number of hydrogen-bond acceptors (Lipinski definition) is 4. The Morgan fingerprint density at radius 3 is 2.27 bits per heavy atom. The molecule has 2 aromatic rings. The van der Waals surface area contributed by atoms with Crippen molar-refractivity contribution in [3.63, 3.8) is 0 Å². The van der Waals surface area contributed by atoms with E-state index in [-0.39, 0.29) is 48.9 Å². The van der Waals surface area contributed by atoms with E-state index in [0.717, 1.165) is 29.5 Å². The van der Waals surface area contributed by atoms with Gasteiger partial charge in [-0.25, -0.2) is 0 Å². The quantitative estimate of drug-likeness (QED) is 0.851. The summed E-state index contributed by atoms with van der Waals surface area (Å²) in [7, 11) is 0. The number of nitrogens with zero attached hydrogens (tertiary/aromatic N) is 3. The molecule has 3 aliphatic rings. The Kier molecular flexibility index (Phi) is 4.56. The maximum Gasteiger partial charge on any atom is 0.242 e. The Morgan fingerprint density at radius 2 is 1.70 bits per heavy atom.